The van der Waals surface area contributed by atoms with Gasteiger partial charge in [0, 0.05) is 12.1 Å². The van der Waals surface area contributed by atoms with Crippen LogP contribution in [0.2, 0.25) is 0 Å². The smallest absolute Gasteiger partial charge is 0.227 e. The summed E-state index contributed by atoms with van der Waals surface area (Å²) >= 11 is 0. The summed E-state index contributed by atoms with van der Waals surface area (Å²) in [7, 11) is 0. The molecule has 104 valence electrons. The van der Waals surface area contributed by atoms with Crippen molar-refractivity contribution in [3.8, 4) is 0 Å². The highest BCUT2D eigenvalue weighted by atomic mass is 16.2. The maximum atomic E-state index is 12.7. The zero-order valence-corrected chi connectivity index (χ0v) is 11.9. The Morgan fingerprint density at radius 3 is 2.22 bits per heavy atom. The molecular formula is C15H28N2O. The summed E-state index contributed by atoms with van der Waals surface area (Å²) < 4.78 is 0. The third-order valence-electron chi connectivity index (χ3n) is 4.97. The van der Waals surface area contributed by atoms with E-state index < -0.39 is 0 Å². The standard InChI is InChI=1S/C15H28N2O/c1-14(2,12-7-8-12)17-13(18)15(11-16)9-5-3-4-6-10-15/h12H,3-11,16H2,1-2H3,(H,17,18). The van der Waals surface area contributed by atoms with Crippen LogP contribution in [-0.4, -0.2) is 18.0 Å². The van der Waals surface area contributed by atoms with Gasteiger partial charge in [-0.3, -0.25) is 4.79 Å². The maximum Gasteiger partial charge on any atom is 0.227 e. The van der Waals surface area contributed by atoms with Crippen LogP contribution in [0.15, 0.2) is 0 Å². The van der Waals surface area contributed by atoms with Crippen LogP contribution >= 0.6 is 0 Å². The quantitative estimate of drug-likeness (QED) is 0.756. The van der Waals surface area contributed by atoms with Crippen LogP contribution in [0.1, 0.15) is 65.2 Å². The fraction of sp³-hybridized carbons (Fsp3) is 0.933. The largest absolute Gasteiger partial charge is 0.350 e. The average molecular weight is 252 g/mol. The van der Waals surface area contributed by atoms with Crippen molar-refractivity contribution in [2.24, 2.45) is 17.1 Å². The van der Waals surface area contributed by atoms with Crippen LogP contribution in [0.4, 0.5) is 0 Å². The summed E-state index contributed by atoms with van der Waals surface area (Å²) in [6, 6.07) is 0. The van der Waals surface area contributed by atoms with E-state index in [1.54, 1.807) is 0 Å². The molecule has 0 radical (unpaired) electrons. The van der Waals surface area contributed by atoms with E-state index in [2.05, 4.69) is 19.2 Å². The lowest BCUT2D eigenvalue weighted by Gasteiger charge is -2.35. The fourth-order valence-corrected chi connectivity index (χ4v) is 3.26. The zero-order valence-electron chi connectivity index (χ0n) is 11.9. The lowest BCUT2D eigenvalue weighted by Crippen LogP contribution is -2.54. The predicted octanol–water partition coefficient (Wildman–Crippen LogP) is 2.59. The summed E-state index contributed by atoms with van der Waals surface area (Å²) in [5.41, 5.74) is 5.62. The Morgan fingerprint density at radius 1 is 1.22 bits per heavy atom. The van der Waals surface area contributed by atoms with E-state index in [0.717, 1.165) is 25.7 Å². The van der Waals surface area contributed by atoms with Crippen molar-refractivity contribution in [3.05, 3.63) is 0 Å². The summed E-state index contributed by atoms with van der Waals surface area (Å²) in [6.07, 6.45) is 9.24. The number of hydrogen-bond donors (Lipinski definition) is 2. The van der Waals surface area contributed by atoms with E-state index in [-0.39, 0.29) is 16.9 Å². The molecule has 0 atom stereocenters. The second kappa shape index (κ2) is 5.20. The summed E-state index contributed by atoms with van der Waals surface area (Å²) in [4.78, 5) is 12.7. The number of hydrogen-bond acceptors (Lipinski definition) is 2. The van der Waals surface area contributed by atoms with Crippen LogP contribution in [0.3, 0.4) is 0 Å². The van der Waals surface area contributed by atoms with E-state index >= 15 is 0 Å². The molecule has 3 N–H and O–H groups in total. The number of nitrogens with one attached hydrogen (secondary N) is 1. The molecule has 1 amide bonds. The van der Waals surface area contributed by atoms with Gasteiger partial charge in [0.05, 0.1) is 5.41 Å². The number of carbonyl (C=O) groups excluding carboxylic acids is 1. The monoisotopic (exact) mass is 252 g/mol. The lowest BCUT2D eigenvalue weighted by atomic mass is 9.78. The summed E-state index contributed by atoms with van der Waals surface area (Å²) in [5.74, 6) is 0.880. The molecule has 0 aliphatic heterocycles. The first-order valence-corrected chi connectivity index (χ1v) is 7.53. The van der Waals surface area contributed by atoms with Crippen molar-refractivity contribution in [3.63, 3.8) is 0 Å². The highest BCUT2D eigenvalue weighted by Gasteiger charge is 2.44. The molecule has 0 aromatic carbocycles. The minimum Gasteiger partial charge on any atom is -0.350 e. The number of carbonyl (C=O) groups is 1. The van der Waals surface area contributed by atoms with Crippen LogP contribution in [-0.2, 0) is 4.79 Å². The molecule has 2 rings (SSSR count). The molecule has 0 bridgehead atoms. The highest BCUT2D eigenvalue weighted by Crippen LogP contribution is 2.41. The van der Waals surface area contributed by atoms with E-state index in [4.69, 9.17) is 5.73 Å². The number of nitrogens with two attached hydrogens (primary N) is 1. The van der Waals surface area contributed by atoms with Crippen LogP contribution < -0.4 is 11.1 Å². The van der Waals surface area contributed by atoms with E-state index in [9.17, 15) is 4.79 Å². The van der Waals surface area contributed by atoms with Gasteiger partial charge < -0.3 is 11.1 Å². The Morgan fingerprint density at radius 2 is 1.78 bits per heavy atom. The zero-order chi connectivity index (χ0) is 13.2. The molecule has 0 heterocycles. The molecule has 3 nitrogen and oxygen atoms in total. The van der Waals surface area contributed by atoms with Gasteiger partial charge in [-0.1, -0.05) is 25.7 Å². The third-order valence-corrected chi connectivity index (χ3v) is 4.97. The van der Waals surface area contributed by atoms with Gasteiger partial charge in [0.2, 0.25) is 5.91 Å². The van der Waals surface area contributed by atoms with Gasteiger partial charge in [0.15, 0.2) is 0 Å². The average Bonchev–Trinajstić information content (AvgIpc) is 3.16. The molecule has 2 aliphatic carbocycles. The topological polar surface area (TPSA) is 55.1 Å². The Bertz CT molecular complexity index is 300. The van der Waals surface area contributed by atoms with Crippen molar-refractivity contribution >= 4 is 5.91 Å². The first kappa shape index (κ1) is 13.9. The van der Waals surface area contributed by atoms with Gasteiger partial charge in [-0.05, 0) is 45.4 Å². The molecule has 18 heavy (non-hydrogen) atoms. The molecule has 0 aromatic rings. The number of rotatable bonds is 4. The first-order chi connectivity index (χ1) is 8.50. The first-order valence-electron chi connectivity index (χ1n) is 7.53. The molecule has 0 spiro atoms. The SMILES string of the molecule is CC(C)(NC(=O)C1(CN)CCCCCC1)C1CC1. The Balaban J connectivity index is 2.03. The molecule has 0 saturated heterocycles. The molecule has 3 heteroatoms. The van der Waals surface area contributed by atoms with E-state index in [0.29, 0.717) is 12.5 Å². The molecule has 2 aliphatic rings. The summed E-state index contributed by atoms with van der Waals surface area (Å²) in [5, 5.41) is 3.29. The predicted molar refractivity (Wildman–Crippen MR) is 74.1 cm³/mol. The minimum absolute atomic E-state index is 0.0500. The van der Waals surface area contributed by atoms with Gasteiger partial charge >= 0.3 is 0 Å². The van der Waals surface area contributed by atoms with Gasteiger partial charge in [0.1, 0.15) is 0 Å². The Kier molecular flexibility index (Phi) is 4.00. The molecular weight excluding hydrogens is 224 g/mol. The second-order valence-corrected chi connectivity index (χ2v) is 6.85. The minimum atomic E-state index is -0.289. The molecule has 0 unspecified atom stereocenters. The molecule has 2 fully saturated rings. The van der Waals surface area contributed by atoms with Crippen LogP contribution in [0.25, 0.3) is 0 Å². The third kappa shape index (κ3) is 2.87. The Labute approximate surface area is 111 Å². The van der Waals surface area contributed by atoms with Gasteiger partial charge in [-0.2, -0.15) is 0 Å². The van der Waals surface area contributed by atoms with Crippen molar-refractivity contribution in [2.45, 2.75) is 70.8 Å². The van der Waals surface area contributed by atoms with Crippen molar-refractivity contribution in [1.29, 1.82) is 0 Å². The fourth-order valence-electron chi connectivity index (χ4n) is 3.26. The van der Waals surface area contributed by atoms with Crippen molar-refractivity contribution in [2.75, 3.05) is 6.54 Å². The van der Waals surface area contributed by atoms with Gasteiger partial charge in [0.25, 0.3) is 0 Å². The highest BCUT2D eigenvalue weighted by molar-refractivity contribution is 5.83. The van der Waals surface area contributed by atoms with E-state index in [1.165, 1.54) is 25.7 Å². The second-order valence-electron chi connectivity index (χ2n) is 6.85. The van der Waals surface area contributed by atoms with Gasteiger partial charge in [-0.25, -0.2) is 0 Å². The molecule has 2 saturated carbocycles. The maximum absolute atomic E-state index is 12.7. The van der Waals surface area contributed by atoms with Crippen LogP contribution in [0, 0.1) is 11.3 Å². The Hall–Kier alpha value is -0.570. The van der Waals surface area contributed by atoms with Crippen LogP contribution in [0.5, 0.6) is 0 Å². The normalized spacial score (nSPS) is 24.4. The molecule has 0 aromatic heterocycles. The lowest BCUT2D eigenvalue weighted by molar-refractivity contribution is -0.133. The number of amides is 1. The van der Waals surface area contributed by atoms with Gasteiger partial charge in [-0.15, -0.1) is 0 Å². The van der Waals surface area contributed by atoms with E-state index in [1.807, 2.05) is 0 Å². The summed E-state index contributed by atoms with van der Waals surface area (Å²) in [6.45, 7) is 4.81. The van der Waals surface area contributed by atoms with Crippen molar-refractivity contribution in [1.82, 2.24) is 5.32 Å². The van der Waals surface area contributed by atoms with Crippen molar-refractivity contribution < 1.29 is 4.79 Å².